The fourth-order valence-corrected chi connectivity index (χ4v) is 1.78. The van der Waals surface area contributed by atoms with E-state index < -0.39 is 0 Å². The summed E-state index contributed by atoms with van der Waals surface area (Å²) in [6.45, 7) is 5.29. The molecule has 0 fully saturated rings. The molecule has 0 spiro atoms. The highest BCUT2D eigenvalue weighted by Crippen LogP contribution is 2.21. The second kappa shape index (κ2) is 6.01. The SMILES string of the molecule is CCn1nc(C)c(Cl)c1CC(=O)CCNC. The van der Waals surface area contributed by atoms with E-state index >= 15 is 0 Å². The predicted molar refractivity (Wildman–Crippen MR) is 64.9 cm³/mol. The van der Waals surface area contributed by atoms with Crippen molar-refractivity contribution in [3.8, 4) is 0 Å². The smallest absolute Gasteiger partial charge is 0.140 e. The number of nitrogens with one attached hydrogen (secondary N) is 1. The van der Waals surface area contributed by atoms with Gasteiger partial charge in [0.15, 0.2) is 0 Å². The summed E-state index contributed by atoms with van der Waals surface area (Å²) in [6, 6.07) is 0. The quantitative estimate of drug-likeness (QED) is 0.825. The Morgan fingerprint density at radius 2 is 2.25 bits per heavy atom. The van der Waals surface area contributed by atoms with Crippen molar-refractivity contribution < 1.29 is 4.79 Å². The van der Waals surface area contributed by atoms with Gasteiger partial charge >= 0.3 is 0 Å². The van der Waals surface area contributed by atoms with Crippen LogP contribution >= 0.6 is 11.6 Å². The number of carbonyl (C=O) groups is 1. The minimum absolute atomic E-state index is 0.186. The van der Waals surface area contributed by atoms with E-state index in [1.54, 1.807) is 4.68 Å². The molecule has 0 aliphatic rings. The van der Waals surface area contributed by atoms with Crippen LogP contribution in [0.2, 0.25) is 5.02 Å². The Hall–Kier alpha value is -0.870. The van der Waals surface area contributed by atoms with Crippen LogP contribution in [0.15, 0.2) is 0 Å². The summed E-state index contributed by atoms with van der Waals surface area (Å²) in [5.41, 5.74) is 1.63. The number of hydrogen-bond donors (Lipinski definition) is 1. The Balaban J connectivity index is 2.75. The number of aromatic nitrogens is 2. The second-order valence-corrected chi connectivity index (χ2v) is 4.11. The van der Waals surface area contributed by atoms with E-state index in [0.717, 1.165) is 17.9 Å². The molecule has 0 aliphatic heterocycles. The lowest BCUT2D eigenvalue weighted by Gasteiger charge is -2.04. The third-order valence-electron chi connectivity index (χ3n) is 2.47. The molecule has 1 aromatic rings. The van der Waals surface area contributed by atoms with Gasteiger partial charge in [-0.2, -0.15) is 5.10 Å². The Morgan fingerprint density at radius 3 is 2.81 bits per heavy atom. The summed E-state index contributed by atoms with van der Waals surface area (Å²) >= 11 is 6.12. The fraction of sp³-hybridized carbons (Fsp3) is 0.636. The molecule has 0 aromatic carbocycles. The van der Waals surface area contributed by atoms with E-state index in [1.807, 2.05) is 20.9 Å². The molecule has 1 aromatic heterocycles. The van der Waals surface area contributed by atoms with Gasteiger partial charge in [0.05, 0.1) is 16.4 Å². The largest absolute Gasteiger partial charge is 0.319 e. The van der Waals surface area contributed by atoms with Crippen LogP contribution in [0.3, 0.4) is 0 Å². The lowest BCUT2D eigenvalue weighted by molar-refractivity contribution is -0.118. The number of rotatable bonds is 6. The van der Waals surface area contributed by atoms with Crippen LogP contribution in [0.5, 0.6) is 0 Å². The first kappa shape index (κ1) is 13.2. The van der Waals surface area contributed by atoms with Crippen LogP contribution in [0.4, 0.5) is 0 Å². The van der Waals surface area contributed by atoms with E-state index in [1.165, 1.54) is 0 Å². The molecular formula is C11H18ClN3O. The number of Topliss-reactive ketones (excluding diaryl/α,β-unsaturated/α-hetero) is 1. The fourth-order valence-electron chi connectivity index (χ4n) is 1.58. The van der Waals surface area contributed by atoms with Gasteiger partial charge in [0.2, 0.25) is 0 Å². The first-order chi connectivity index (χ1) is 7.60. The molecule has 90 valence electrons. The summed E-state index contributed by atoms with van der Waals surface area (Å²) < 4.78 is 1.80. The number of halogens is 1. The maximum absolute atomic E-state index is 11.7. The van der Waals surface area contributed by atoms with Gasteiger partial charge in [0.25, 0.3) is 0 Å². The van der Waals surface area contributed by atoms with Crippen LogP contribution in [0.1, 0.15) is 24.7 Å². The number of carbonyl (C=O) groups excluding carboxylic acids is 1. The van der Waals surface area contributed by atoms with Crippen molar-refractivity contribution in [2.45, 2.75) is 33.2 Å². The molecule has 0 atom stereocenters. The number of ketones is 1. The van der Waals surface area contributed by atoms with Crippen LogP contribution in [-0.4, -0.2) is 29.2 Å². The molecule has 16 heavy (non-hydrogen) atoms. The molecule has 0 aliphatic carbocycles. The molecule has 0 bridgehead atoms. The first-order valence-corrected chi connectivity index (χ1v) is 5.86. The molecular weight excluding hydrogens is 226 g/mol. The average Bonchev–Trinajstić information content (AvgIpc) is 2.54. The Labute approximate surface area is 101 Å². The highest BCUT2D eigenvalue weighted by atomic mass is 35.5. The van der Waals surface area contributed by atoms with E-state index in [-0.39, 0.29) is 5.78 Å². The lowest BCUT2D eigenvalue weighted by Crippen LogP contribution is -2.16. The van der Waals surface area contributed by atoms with Gasteiger partial charge in [-0.1, -0.05) is 11.6 Å². The zero-order valence-corrected chi connectivity index (χ0v) is 10.8. The molecule has 0 radical (unpaired) electrons. The highest BCUT2D eigenvalue weighted by Gasteiger charge is 2.15. The zero-order chi connectivity index (χ0) is 12.1. The summed E-state index contributed by atoms with van der Waals surface area (Å²) in [6.07, 6.45) is 0.899. The molecule has 1 rings (SSSR count). The summed E-state index contributed by atoms with van der Waals surface area (Å²) in [7, 11) is 1.83. The minimum atomic E-state index is 0.186. The minimum Gasteiger partial charge on any atom is -0.319 e. The predicted octanol–water partition coefficient (Wildman–Crippen LogP) is 1.59. The second-order valence-electron chi connectivity index (χ2n) is 3.73. The lowest BCUT2D eigenvalue weighted by atomic mass is 10.1. The third kappa shape index (κ3) is 3.06. The van der Waals surface area contributed by atoms with Crippen molar-refractivity contribution in [1.82, 2.24) is 15.1 Å². The van der Waals surface area contributed by atoms with Crippen LogP contribution in [-0.2, 0) is 17.8 Å². The average molecular weight is 244 g/mol. The van der Waals surface area contributed by atoms with Crippen molar-refractivity contribution in [1.29, 1.82) is 0 Å². The monoisotopic (exact) mass is 243 g/mol. The molecule has 0 unspecified atom stereocenters. The Kier molecular flexibility index (Phi) is 4.96. The Bertz CT molecular complexity index is 374. The molecule has 0 saturated carbocycles. The third-order valence-corrected chi connectivity index (χ3v) is 2.96. The van der Waals surface area contributed by atoms with Crippen molar-refractivity contribution >= 4 is 17.4 Å². The van der Waals surface area contributed by atoms with Crippen molar-refractivity contribution in [2.75, 3.05) is 13.6 Å². The van der Waals surface area contributed by atoms with Gasteiger partial charge < -0.3 is 5.32 Å². The number of aryl methyl sites for hydroxylation is 2. The molecule has 4 nitrogen and oxygen atoms in total. The van der Waals surface area contributed by atoms with Crippen LogP contribution in [0, 0.1) is 6.92 Å². The summed E-state index contributed by atoms with van der Waals surface area (Å²) in [5.74, 6) is 0.186. The van der Waals surface area contributed by atoms with E-state index in [9.17, 15) is 4.79 Å². The first-order valence-electron chi connectivity index (χ1n) is 5.48. The number of nitrogens with zero attached hydrogens (tertiary/aromatic N) is 2. The van der Waals surface area contributed by atoms with E-state index in [2.05, 4.69) is 10.4 Å². The molecule has 1 N–H and O–H groups in total. The van der Waals surface area contributed by atoms with Gasteiger partial charge in [0, 0.05) is 25.9 Å². The highest BCUT2D eigenvalue weighted by molar-refractivity contribution is 6.32. The van der Waals surface area contributed by atoms with Gasteiger partial charge in [-0.3, -0.25) is 9.48 Å². The van der Waals surface area contributed by atoms with Crippen molar-refractivity contribution in [2.24, 2.45) is 0 Å². The van der Waals surface area contributed by atoms with Crippen molar-refractivity contribution in [3.63, 3.8) is 0 Å². The normalized spacial score (nSPS) is 10.8. The topological polar surface area (TPSA) is 46.9 Å². The summed E-state index contributed by atoms with van der Waals surface area (Å²) in [5, 5.41) is 7.86. The van der Waals surface area contributed by atoms with Gasteiger partial charge in [0.1, 0.15) is 5.78 Å². The van der Waals surface area contributed by atoms with Crippen molar-refractivity contribution in [3.05, 3.63) is 16.4 Å². The van der Waals surface area contributed by atoms with Gasteiger partial charge in [-0.25, -0.2) is 0 Å². The number of hydrogen-bond acceptors (Lipinski definition) is 3. The van der Waals surface area contributed by atoms with Gasteiger partial charge in [-0.15, -0.1) is 0 Å². The van der Waals surface area contributed by atoms with Gasteiger partial charge in [-0.05, 0) is 20.9 Å². The van der Waals surface area contributed by atoms with E-state index in [4.69, 9.17) is 11.6 Å². The molecule has 5 heteroatoms. The van der Waals surface area contributed by atoms with Crippen LogP contribution in [0.25, 0.3) is 0 Å². The molecule has 0 amide bonds. The molecule has 0 saturated heterocycles. The van der Waals surface area contributed by atoms with E-state index in [0.29, 0.717) is 24.4 Å². The summed E-state index contributed by atoms with van der Waals surface area (Å²) in [4.78, 5) is 11.7. The molecule has 1 heterocycles. The Morgan fingerprint density at radius 1 is 1.56 bits per heavy atom. The zero-order valence-electron chi connectivity index (χ0n) is 10.0. The maximum Gasteiger partial charge on any atom is 0.140 e. The standard InChI is InChI=1S/C11H18ClN3O/c1-4-15-10(11(12)8(2)14-15)7-9(16)5-6-13-3/h13H,4-7H2,1-3H3. The maximum atomic E-state index is 11.7. The van der Waals surface area contributed by atoms with Crippen LogP contribution < -0.4 is 5.32 Å².